The fourth-order valence-corrected chi connectivity index (χ4v) is 3.92. The second-order valence-corrected chi connectivity index (χ2v) is 9.53. The van der Waals surface area contributed by atoms with E-state index in [9.17, 15) is 9.59 Å². The molecule has 0 fully saturated rings. The summed E-state index contributed by atoms with van der Waals surface area (Å²) in [7, 11) is 6.16. The van der Waals surface area contributed by atoms with E-state index in [4.69, 9.17) is 24.8 Å². The number of carbonyl (C=O) groups is 1. The summed E-state index contributed by atoms with van der Waals surface area (Å²) in [5, 5.41) is -0.417. The molecular formula is C22H37BN2O3S. The van der Waals surface area contributed by atoms with E-state index in [0.29, 0.717) is 24.3 Å². The van der Waals surface area contributed by atoms with E-state index in [2.05, 4.69) is 0 Å². The quantitative estimate of drug-likeness (QED) is 0.208. The zero-order valence-corrected chi connectivity index (χ0v) is 19.8. The van der Waals surface area contributed by atoms with Crippen molar-refractivity contribution in [3.05, 3.63) is 27.4 Å². The predicted octanol–water partition coefficient (Wildman–Crippen LogP) is 4.92. The summed E-state index contributed by atoms with van der Waals surface area (Å²) in [4.78, 5) is 24.4. The predicted molar refractivity (Wildman–Crippen MR) is 122 cm³/mol. The van der Waals surface area contributed by atoms with E-state index >= 15 is 0 Å². The topological polar surface area (TPSA) is 53.2 Å². The maximum atomic E-state index is 12.7. The first-order valence-corrected chi connectivity index (χ1v) is 11.1. The van der Waals surface area contributed by atoms with Crippen LogP contribution in [0.2, 0.25) is 5.31 Å². The van der Waals surface area contributed by atoms with Crippen molar-refractivity contribution in [1.82, 2.24) is 9.13 Å². The lowest BCUT2D eigenvalue weighted by Crippen LogP contribution is -2.37. The van der Waals surface area contributed by atoms with Crippen LogP contribution >= 0.6 is 12.2 Å². The Morgan fingerprint density at radius 3 is 2.38 bits per heavy atom. The molecule has 0 saturated carbocycles. The Morgan fingerprint density at radius 2 is 1.83 bits per heavy atom. The Bertz CT molecular complexity index is 779. The van der Waals surface area contributed by atoms with Gasteiger partial charge >= 0.3 is 5.97 Å². The molecule has 0 bridgehead atoms. The van der Waals surface area contributed by atoms with Crippen LogP contribution in [0.3, 0.4) is 0 Å². The standard InChI is InChI=1S/C22H37BN2O3S/c1-7-25-18(26)12-14-24(20(25)29)13-10-8-9-11-15-28-19(27)22(6,17(2)3)16-21(4,5)23/h12,14,17H,7-11,13,15-16H2,1-6H3. The average Bonchev–Trinajstić information content (AvgIpc) is 2.61. The van der Waals surface area contributed by atoms with Gasteiger partial charge in [-0.2, -0.15) is 0 Å². The van der Waals surface area contributed by atoms with Crippen LogP contribution in [-0.4, -0.2) is 29.6 Å². The van der Waals surface area contributed by atoms with Crippen molar-refractivity contribution in [2.75, 3.05) is 6.61 Å². The van der Waals surface area contributed by atoms with Crippen LogP contribution < -0.4 is 5.56 Å². The number of hydrogen-bond acceptors (Lipinski definition) is 4. The second-order valence-electron chi connectivity index (χ2n) is 9.16. The Labute approximate surface area is 182 Å². The number of aromatic nitrogens is 2. The number of rotatable bonds is 12. The van der Waals surface area contributed by atoms with E-state index in [-0.39, 0.29) is 17.4 Å². The molecule has 0 N–H and O–H groups in total. The minimum Gasteiger partial charge on any atom is -0.465 e. The Hall–Kier alpha value is -1.37. The van der Waals surface area contributed by atoms with Crippen molar-refractivity contribution < 1.29 is 9.53 Å². The molecule has 1 rings (SSSR count). The van der Waals surface area contributed by atoms with E-state index in [1.807, 2.05) is 46.1 Å². The van der Waals surface area contributed by atoms with Gasteiger partial charge in [-0.3, -0.25) is 14.2 Å². The largest absolute Gasteiger partial charge is 0.465 e. The lowest BCUT2D eigenvalue weighted by Gasteiger charge is -2.37. The first-order valence-electron chi connectivity index (χ1n) is 10.7. The van der Waals surface area contributed by atoms with Crippen LogP contribution in [-0.2, 0) is 22.6 Å². The minimum atomic E-state index is -0.572. The Morgan fingerprint density at radius 1 is 1.21 bits per heavy atom. The molecule has 29 heavy (non-hydrogen) atoms. The molecule has 1 heterocycles. The Balaban J connectivity index is 2.40. The van der Waals surface area contributed by atoms with Crippen LogP contribution in [0.25, 0.3) is 0 Å². The van der Waals surface area contributed by atoms with E-state index in [1.165, 1.54) is 0 Å². The maximum absolute atomic E-state index is 12.7. The highest BCUT2D eigenvalue weighted by molar-refractivity contribution is 7.71. The van der Waals surface area contributed by atoms with Gasteiger partial charge in [0.15, 0.2) is 4.77 Å². The molecule has 0 amide bonds. The van der Waals surface area contributed by atoms with Gasteiger partial charge in [0.05, 0.1) is 19.9 Å². The van der Waals surface area contributed by atoms with E-state index < -0.39 is 10.7 Å². The molecule has 0 aliphatic rings. The number of esters is 1. The molecule has 0 aliphatic carbocycles. The van der Waals surface area contributed by atoms with Gasteiger partial charge in [0.1, 0.15) is 0 Å². The van der Waals surface area contributed by atoms with Gasteiger partial charge in [0.25, 0.3) is 5.56 Å². The van der Waals surface area contributed by atoms with Gasteiger partial charge in [-0.25, -0.2) is 0 Å². The zero-order valence-electron chi connectivity index (χ0n) is 19.0. The maximum Gasteiger partial charge on any atom is 0.312 e. The van der Waals surface area contributed by atoms with Crippen molar-refractivity contribution in [3.63, 3.8) is 0 Å². The molecule has 5 nitrogen and oxygen atoms in total. The molecule has 0 spiro atoms. The smallest absolute Gasteiger partial charge is 0.312 e. The molecule has 1 aromatic rings. The van der Waals surface area contributed by atoms with Crippen molar-refractivity contribution in [2.24, 2.45) is 11.3 Å². The number of hydrogen-bond donors (Lipinski definition) is 0. The normalized spacial score (nSPS) is 14.0. The van der Waals surface area contributed by atoms with E-state index in [1.54, 1.807) is 16.8 Å². The molecule has 1 atom stereocenters. The number of ether oxygens (including phenoxy) is 1. The summed E-state index contributed by atoms with van der Waals surface area (Å²) in [5.74, 6) is 0.00739. The van der Waals surface area contributed by atoms with Gasteiger partial charge < -0.3 is 9.30 Å². The molecule has 0 saturated heterocycles. The SMILES string of the molecule is [B]C(C)(C)CC(C)(C(=O)OCCCCCCn1ccc(=O)n(CC)c1=S)C(C)C. The summed E-state index contributed by atoms with van der Waals surface area (Å²) < 4.78 is 9.71. The summed E-state index contributed by atoms with van der Waals surface area (Å²) >= 11 is 5.38. The molecule has 2 radical (unpaired) electrons. The summed E-state index contributed by atoms with van der Waals surface area (Å²) in [6.07, 6.45) is 6.17. The van der Waals surface area contributed by atoms with Crippen LogP contribution in [0.15, 0.2) is 17.1 Å². The molecule has 1 aromatic heterocycles. The molecule has 0 aliphatic heterocycles. The monoisotopic (exact) mass is 420 g/mol. The molecule has 1 unspecified atom stereocenters. The minimum absolute atomic E-state index is 0.0537. The average molecular weight is 420 g/mol. The number of unbranched alkanes of at least 4 members (excludes halogenated alkanes) is 3. The third-order valence-corrected chi connectivity index (χ3v) is 6.00. The van der Waals surface area contributed by atoms with Gasteiger partial charge in [-0.1, -0.05) is 39.4 Å². The van der Waals surface area contributed by atoms with E-state index in [0.717, 1.165) is 32.2 Å². The fraction of sp³-hybridized carbons (Fsp3) is 0.773. The highest BCUT2D eigenvalue weighted by Gasteiger charge is 2.40. The van der Waals surface area contributed by atoms with Gasteiger partial charge in [0.2, 0.25) is 0 Å². The first-order chi connectivity index (χ1) is 13.4. The summed E-state index contributed by atoms with van der Waals surface area (Å²) in [6.45, 7) is 13.7. The van der Waals surface area contributed by atoms with Crippen LogP contribution in [0, 0.1) is 16.1 Å². The van der Waals surface area contributed by atoms with Crippen LogP contribution in [0.5, 0.6) is 0 Å². The number of aryl methyl sites for hydroxylation is 1. The number of nitrogens with zero attached hydrogens (tertiary/aromatic N) is 2. The van der Waals surface area contributed by atoms with Gasteiger partial charge in [-0.15, -0.1) is 0 Å². The number of carbonyl (C=O) groups excluding carboxylic acids is 1. The van der Waals surface area contributed by atoms with Crippen LogP contribution in [0.1, 0.15) is 73.6 Å². The lowest BCUT2D eigenvalue weighted by molar-refractivity contribution is -0.159. The van der Waals surface area contributed by atoms with Crippen molar-refractivity contribution in [2.45, 2.75) is 92.1 Å². The van der Waals surface area contributed by atoms with Crippen molar-refractivity contribution in [1.29, 1.82) is 0 Å². The molecule has 0 aromatic carbocycles. The molecular weight excluding hydrogens is 383 g/mol. The van der Waals surface area contributed by atoms with Gasteiger partial charge in [-0.05, 0) is 57.7 Å². The third-order valence-electron chi connectivity index (χ3n) is 5.55. The highest BCUT2D eigenvalue weighted by atomic mass is 32.1. The molecule has 162 valence electrons. The highest BCUT2D eigenvalue weighted by Crippen LogP contribution is 2.42. The fourth-order valence-electron chi connectivity index (χ4n) is 3.54. The van der Waals surface area contributed by atoms with Crippen molar-refractivity contribution in [3.8, 4) is 0 Å². The first kappa shape index (κ1) is 25.7. The lowest BCUT2D eigenvalue weighted by atomic mass is 9.60. The summed E-state index contributed by atoms with van der Waals surface area (Å²) in [6, 6.07) is 1.56. The van der Waals surface area contributed by atoms with Gasteiger partial charge in [0, 0.05) is 25.4 Å². The zero-order chi connectivity index (χ0) is 22.2. The van der Waals surface area contributed by atoms with Crippen LogP contribution in [0.4, 0.5) is 0 Å². The second kappa shape index (κ2) is 11.1. The van der Waals surface area contributed by atoms with Crippen molar-refractivity contribution >= 4 is 26.0 Å². The molecule has 7 heteroatoms. The Kier molecular flexibility index (Phi) is 9.86. The summed E-state index contributed by atoms with van der Waals surface area (Å²) in [5.41, 5.74) is -0.626. The third kappa shape index (κ3) is 7.76.